The Morgan fingerprint density at radius 3 is 1.64 bits per heavy atom. The second kappa shape index (κ2) is 3.72. The van der Waals surface area contributed by atoms with Crippen LogP contribution in [-0.4, -0.2) is 14.1 Å². The zero-order valence-corrected chi connectivity index (χ0v) is 9.88. The van der Waals surface area contributed by atoms with Gasteiger partial charge in [0.25, 0.3) is 0 Å². The van der Waals surface area contributed by atoms with Gasteiger partial charge in [-0.25, -0.2) is 10.2 Å². The number of hydrogen-bond acceptors (Lipinski definition) is 5. The van der Waals surface area contributed by atoms with E-state index in [0.29, 0.717) is 0 Å². The predicted molar refractivity (Wildman–Crippen MR) is 50.6 cm³/mol. The van der Waals surface area contributed by atoms with Crippen molar-refractivity contribution < 1.29 is 16.8 Å². The lowest BCUT2D eigenvalue weighted by molar-refractivity contribution is 0.717. The SMILES string of the molecule is CNP1(F)=NP(F)(F)=NP(F)(NC)=N1. The van der Waals surface area contributed by atoms with Crippen molar-refractivity contribution in [1.82, 2.24) is 10.2 Å². The summed E-state index contributed by atoms with van der Waals surface area (Å²) in [6.45, 7) is 0. The molecule has 0 aliphatic carbocycles. The van der Waals surface area contributed by atoms with E-state index in [-0.39, 0.29) is 0 Å². The molecule has 1 aliphatic heterocycles. The lowest BCUT2D eigenvalue weighted by Gasteiger charge is -2.19. The highest BCUT2D eigenvalue weighted by atomic mass is 31.3. The molecule has 2 atom stereocenters. The Morgan fingerprint density at radius 2 is 1.21 bits per heavy atom. The summed E-state index contributed by atoms with van der Waals surface area (Å²) in [5.74, 6) is 0. The second-order valence-corrected chi connectivity index (χ2v) is 8.27. The molecule has 0 saturated heterocycles. The van der Waals surface area contributed by atoms with E-state index in [1.165, 1.54) is 0 Å². The van der Waals surface area contributed by atoms with Crippen LogP contribution in [0.5, 0.6) is 0 Å². The molecule has 0 aromatic carbocycles. The van der Waals surface area contributed by atoms with Gasteiger partial charge in [0.15, 0.2) is 0 Å². The summed E-state index contributed by atoms with van der Waals surface area (Å²) in [7, 11) is -11.7. The maximum absolute atomic E-state index is 13.4. The van der Waals surface area contributed by atoms with E-state index in [4.69, 9.17) is 0 Å². The summed E-state index contributed by atoms with van der Waals surface area (Å²) in [4.78, 5) is 0. The first kappa shape index (κ1) is 12.4. The zero-order chi connectivity index (χ0) is 11.0. The zero-order valence-electron chi connectivity index (χ0n) is 7.20. The van der Waals surface area contributed by atoms with Crippen LogP contribution in [0.15, 0.2) is 13.5 Å². The van der Waals surface area contributed by atoms with Crippen LogP contribution in [0.1, 0.15) is 0 Å². The first-order valence-corrected chi connectivity index (χ1v) is 7.97. The molecule has 14 heavy (non-hydrogen) atoms. The number of hydrogen-bond donors (Lipinski definition) is 2. The Balaban J connectivity index is 3.44. The third-order valence-corrected chi connectivity index (χ3v) is 7.91. The highest BCUT2D eigenvalue weighted by Crippen LogP contribution is 2.78. The molecule has 0 saturated carbocycles. The molecule has 0 aromatic heterocycles. The third kappa shape index (κ3) is 2.67. The van der Waals surface area contributed by atoms with Crippen molar-refractivity contribution >= 4 is 23.2 Å². The van der Waals surface area contributed by atoms with Crippen LogP contribution in [0.2, 0.25) is 0 Å². The maximum atomic E-state index is 13.4. The van der Waals surface area contributed by atoms with E-state index >= 15 is 0 Å². The predicted octanol–water partition coefficient (Wildman–Crippen LogP) is 4.16. The van der Waals surface area contributed by atoms with Crippen molar-refractivity contribution in [2.24, 2.45) is 13.5 Å². The smallest absolute Gasteiger partial charge is 0.243 e. The van der Waals surface area contributed by atoms with Gasteiger partial charge in [-0.15, -0.1) is 17.4 Å². The molecule has 0 spiro atoms. The Labute approximate surface area is 78.6 Å². The summed E-state index contributed by atoms with van der Waals surface area (Å²) < 4.78 is 60.4. The quantitative estimate of drug-likeness (QED) is 0.585. The normalized spacial score (nSPS) is 40.7. The summed E-state index contributed by atoms with van der Waals surface area (Å²) in [6, 6.07) is 0. The van der Waals surface area contributed by atoms with Crippen LogP contribution >= 0.6 is 23.2 Å². The Kier molecular flexibility index (Phi) is 3.30. The molecule has 12 heteroatoms. The lowest BCUT2D eigenvalue weighted by Crippen LogP contribution is -2.02. The molecule has 0 bridgehead atoms. The molecule has 2 unspecified atom stereocenters. The average Bonchev–Trinajstić information content (AvgIpc) is 2.00. The minimum absolute atomic E-state index is 1.06. The number of nitrogens with zero attached hydrogens (tertiary/aromatic N) is 3. The molecule has 0 aromatic rings. The Morgan fingerprint density at radius 1 is 0.786 bits per heavy atom. The third-order valence-electron chi connectivity index (χ3n) is 1.26. The largest absolute Gasteiger partial charge is 0.423 e. The van der Waals surface area contributed by atoms with Crippen molar-refractivity contribution in [3.8, 4) is 0 Å². The van der Waals surface area contributed by atoms with Crippen LogP contribution in [0.4, 0.5) is 16.8 Å². The average molecular weight is 271 g/mol. The highest BCUT2D eigenvalue weighted by molar-refractivity contribution is 7.79. The fourth-order valence-electron chi connectivity index (χ4n) is 0.675. The van der Waals surface area contributed by atoms with E-state index in [1.807, 2.05) is 10.2 Å². The van der Waals surface area contributed by atoms with Gasteiger partial charge in [-0.1, -0.05) is 0 Å². The van der Waals surface area contributed by atoms with Gasteiger partial charge < -0.3 is 0 Å². The lowest BCUT2D eigenvalue weighted by atomic mass is 11.6. The molecule has 0 fully saturated rings. The first-order chi connectivity index (χ1) is 6.24. The van der Waals surface area contributed by atoms with Gasteiger partial charge in [0.2, 0.25) is 0 Å². The molecule has 2 N–H and O–H groups in total. The summed E-state index contributed by atoms with van der Waals surface area (Å²) in [6.07, 6.45) is 0. The van der Waals surface area contributed by atoms with Crippen LogP contribution in [0.3, 0.4) is 0 Å². The summed E-state index contributed by atoms with van der Waals surface area (Å²) in [5.41, 5.74) is 0. The number of nitrogens with one attached hydrogen (secondary N) is 2. The van der Waals surface area contributed by atoms with Gasteiger partial charge in [-0.05, 0) is 14.1 Å². The van der Waals surface area contributed by atoms with E-state index in [1.54, 1.807) is 0 Å². The minimum Gasteiger partial charge on any atom is -0.243 e. The monoisotopic (exact) mass is 271 g/mol. The van der Waals surface area contributed by atoms with E-state index < -0.39 is 23.2 Å². The van der Waals surface area contributed by atoms with Gasteiger partial charge in [0.1, 0.15) is 0 Å². The van der Waals surface area contributed by atoms with Crippen LogP contribution in [0.25, 0.3) is 0 Å². The van der Waals surface area contributed by atoms with Crippen molar-refractivity contribution in [2.45, 2.75) is 0 Å². The summed E-state index contributed by atoms with van der Waals surface area (Å²) in [5, 5.41) is 3.74. The standard InChI is InChI=1S/C2H8F4N5P3/c1-7-13(5)9-12(3,4)10-14(6,8-2)11-13/h7-8H,1-2H3. The van der Waals surface area contributed by atoms with E-state index in [2.05, 4.69) is 13.5 Å². The molecule has 5 nitrogen and oxygen atoms in total. The van der Waals surface area contributed by atoms with Gasteiger partial charge in [-0.2, -0.15) is 12.9 Å². The maximum Gasteiger partial charge on any atom is 0.423 e. The van der Waals surface area contributed by atoms with Crippen molar-refractivity contribution in [3.05, 3.63) is 0 Å². The van der Waals surface area contributed by atoms with Crippen molar-refractivity contribution in [3.63, 3.8) is 0 Å². The van der Waals surface area contributed by atoms with Gasteiger partial charge in [0.05, 0.1) is 0 Å². The van der Waals surface area contributed by atoms with Gasteiger partial charge >= 0.3 is 23.2 Å². The Hall–Kier alpha value is 0.330. The highest BCUT2D eigenvalue weighted by Gasteiger charge is 2.36. The van der Waals surface area contributed by atoms with Gasteiger partial charge in [-0.3, -0.25) is 0 Å². The Bertz CT molecular complexity index is 386. The van der Waals surface area contributed by atoms with Crippen LogP contribution in [-0.2, 0) is 0 Å². The van der Waals surface area contributed by atoms with E-state index in [0.717, 1.165) is 14.1 Å². The second-order valence-electron chi connectivity index (χ2n) is 2.22. The number of rotatable bonds is 2. The van der Waals surface area contributed by atoms with Crippen LogP contribution < -0.4 is 10.2 Å². The fraction of sp³-hybridized carbons (Fsp3) is 1.00. The fourth-order valence-corrected chi connectivity index (χ4v) is 7.04. The molecule has 0 amide bonds. The van der Waals surface area contributed by atoms with Gasteiger partial charge in [0, 0.05) is 0 Å². The van der Waals surface area contributed by atoms with Crippen LogP contribution in [0, 0.1) is 0 Å². The molecular weight excluding hydrogens is 263 g/mol. The van der Waals surface area contributed by atoms with Crippen molar-refractivity contribution in [1.29, 1.82) is 0 Å². The first-order valence-electron chi connectivity index (χ1n) is 3.32. The molecule has 0 radical (unpaired) electrons. The van der Waals surface area contributed by atoms with E-state index in [9.17, 15) is 16.8 Å². The number of halogens is 4. The van der Waals surface area contributed by atoms with Crippen molar-refractivity contribution in [2.75, 3.05) is 14.1 Å². The minimum atomic E-state index is -5.23. The molecule has 1 aliphatic rings. The molecule has 84 valence electrons. The molecule has 1 rings (SSSR count). The summed E-state index contributed by atoms with van der Waals surface area (Å²) >= 11 is 0. The molecule has 1 heterocycles. The molecular formula is C2H8F4N5P3. The topological polar surface area (TPSA) is 61.1 Å².